The van der Waals surface area contributed by atoms with E-state index in [1.54, 1.807) is 0 Å². The first-order chi connectivity index (χ1) is 14.7. The Labute approximate surface area is 189 Å². The third-order valence-electron chi connectivity index (χ3n) is 4.45. The second kappa shape index (κ2) is 10.3. The van der Waals surface area contributed by atoms with E-state index in [-0.39, 0.29) is 21.6 Å². The molecule has 2 aromatic carbocycles. The topological polar surface area (TPSA) is 111 Å². The van der Waals surface area contributed by atoms with Crippen LogP contribution in [0.15, 0.2) is 47.4 Å². The van der Waals surface area contributed by atoms with Crippen molar-refractivity contribution in [1.29, 1.82) is 0 Å². The predicted octanol–water partition coefficient (Wildman–Crippen LogP) is 3.25. The van der Waals surface area contributed by atoms with Gasteiger partial charge in [0, 0.05) is 23.9 Å². The number of benzene rings is 2. The van der Waals surface area contributed by atoms with Gasteiger partial charge < -0.3 is 14.8 Å². The Bertz CT molecular complexity index is 1050. The third kappa shape index (κ3) is 6.57. The SMILES string of the molecule is O=C(COC(=O)c1cc(S(=O)(=O)Nc2ccc(Cl)cc2)ccc1Cl)NCC1CCCO1. The number of rotatable bonds is 8. The summed E-state index contributed by atoms with van der Waals surface area (Å²) in [6, 6.07) is 9.69. The zero-order valence-corrected chi connectivity index (χ0v) is 18.6. The van der Waals surface area contributed by atoms with Crippen LogP contribution in [0.25, 0.3) is 0 Å². The van der Waals surface area contributed by atoms with Crippen LogP contribution in [0, 0.1) is 0 Å². The fraction of sp³-hybridized carbons (Fsp3) is 0.300. The molecule has 1 fully saturated rings. The first kappa shape index (κ1) is 23.3. The number of esters is 1. The predicted molar refractivity (Wildman–Crippen MR) is 116 cm³/mol. The zero-order chi connectivity index (χ0) is 22.4. The van der Waals surface area contributed by atoms with E-state index in [4.69, 9.17) is 32.7 Å². The molecule has 0 aliphatic carbocycles. The van der Waals surface area contributed by atoms with E-state index in [9.17, 15) is 18.0 Å². The summed E-state index contributed by atoms with van der Waals surface area (Å²) >= 11 is 11.8. The number of hydrogen-bond acceptors (Lipinski definition) is 6. The molecule has 0 spiro atoms. The Hall–Kier alpha value is -2.33. The highest BCUT2D eigenvalue weighted by molar-refractivity contribution is 7.92. The molecule has 3 rings (SSSR count). The van der Waals surface area contributed by atoms with E-state index in [0.717, 1.165) is 18.9 Å². The molecule has 166 valence electrons. The van der Waals surface area contributed by atoms with E-state index < -0.39 is 28.5 Å². The molecule has 1 unspecified atom stereocenters. The monoisotopic (exact) mass is 486 g/mol. The van der Waals surface area contributed by atoms with E-state index in [1.807, 2.05) is 0 Å². The maximum atomic E-state index is 12.6. The number of sulfonamides is 1. The Morgan fingerprint density at radius 1 is 1.13 bits per heavy atom. The summed E-state index contributed by atoms with van der Waals surface area (Å²) in [5, 5.41) is 3.08. The fourth-order valence-corrected chi connectivity index (χ4v) is 4.26. The second-order valence-corrected chi connectivity index (χ2v) is 9.30. The first-order valence-corrected chi connectivity index (χ1v) is 11.6. The van der Waals surface area contributed by atoms with Crippen LogP contribution in [0.1, 0.15) is 23.2 Å². The smallest absolute Gasteiger partial charge is 0.340 e. The van der Waals surface area contributed by atoms with Crippen molar-refractivity contribution in [3.8, 4) is 0 Å². The second-order valence-electron chi connectivity index (χ2n) is 6.77. The molecular formula is C20H20Cl2N2O6S. The Kier molecular flexibility index (Phi) is 7.77. The van der Waals surface area contributed by atoms with Gasteiger partial charge in [0.1, 0.15) is 0 Å². The minimum atomic E-state index is -4.00. The normalized spacial score (nSPS) is 16.0. The molecule has 8 nitrogen and oxygen atoms in total. The molecule has 0 aromatic heterocycles. The number of nitrogens with one attached hydrogen (secondary N) is 2. The van der Waals surface area contributed by atoms with Crippen molar-refractivity contribution in [3.63, 3.8) is 0 Å². The summed E-state index contributed by atoms with van der Waals surface area (Å²) in [5.41, 5.74) is 0.124. The van der Waals surface area contributed by atoms with Crippen molar-refractivity contribution in [2.24, 2.45) is 0 Å². The van der Waals surface area contributed by atoms with Crippen LogP contribution in [-0.2, 0) is 24.3 Å². The van der Waals surface area contributed by atoms with Crippen LogP contribution in [-0.4, -0.2) is 46.2 Å². The molecule has 1 amide bonds. The minimum Gasteiger partial charge on any atom is -0.452 e. The lowest BCUT2D eigenvalue weighted by atomic mass is 10.2. The maximum absolute atomic E-state index is 12.6. The lowest BCUT2D eigenvalue weighted by Gasteiger charge is -2.12. The molecule has 11 heteroatoms. The molecule has 1 aliphatic heterocycles. The molecule has 1 saturated heterocycles. The van der Waals surface area contributed by atoms with Gasteiger partial charge in [-0.2, -0.15) is 0 Å². The number of halogens is 2. The van der Waals surface area contributed by atoms with Crippen molar-refractivity contribution in [1.82, 2.24) is 5.32 Å². The molecule has 31 heavy (non-hydrogen) atoms. The van der Waals surface area contributed by atoms with Crippen LogP contribution in [0.4, 0.5) is 5.69 Å². The number of anilines is 1. The van der Waals surface area contributed by atoms with E-state index >= 15 is 0 Å². The van der Waals surface area contributed by atoms with Gasteiger partial charge >= 0.3 is 5.97 Å². The summed E-state index contributed by atoms with van der Waals surface area (Å²) in [5.74, 6) is -1.41. The minimum absolute atomic E-state index is 0.00444. The Balaban J connectivity index is 1.63. The van der Waals surface area contributed by atoms with Crippen LogP contribution in [0.5, 0.6) is 0 Å². The van der Waals surface area contributed by atoms with Crippen molar-refractivity contribution in [2.45, 2.75) is 23.8 Å². The van der Waals surface area contributed by atoms with Gasteiger partial charge in [-0.1, -0.05) is 23.2 Å². The average molecular weight is 487 g/mol. The van der Waals surface area contributed by atoms with Gasteiger partial charge in [0.15, 0.2) is 6.61 Å². The fourth-order valence-electron chi connectivity index (χ4n) is 2.85. The van der Waals surface area contributed by atoms with Gasteiger partial charge in [0.25, 0.3) is 15.9 Å². The van der Waals surface area contributed by atoms with Gasteiger partial charge in [0.05, 0.1) is 21.6 Å². The molecule has 1 aliphatic rings. The molecule has 2 N–H and O–H groups in total. The highest BCUT2D eigenvalue weighted by Gasteiger charge is 2.21. The highest BCUT2D eigenvalue weighted by atomic mass is 35.5. The molecule has 0 bridgehead atoms. The van der Waals surface area contributed by atoms with Gasteiger partial charge in [-0.25, -0.2) is 13.2 Å². The Morgan fingerprint density at radius 2 is 1.87 bits per heavy atom. The summed E-state index contributed by atoms with van der Waals surface area (Å²) in [7, 11) is -4.00. The number of amides is 1. The quantitative estimate of drug-likeness (QED) is 0.554. The van der Waals surface area contributed by atoms with Crippen LogP contribution in [0.3, 0.4) is 0 Å². The lowest BCUT2D eigenvalue weighted by Crippen LogP contribution is -2.34. The summed E-state index contributed by atoms with van der Waals surface area (Å²) in [4.78, 5) is 24.1. The summed E-state index contributed by atoms with van der Waals surface area (Å²) in [6.45, 7) is 0.475. The molecule has 0 saturated carbocycles. The van der Waals surface area contributed by atoms with Crippen molar-refractivity contribution in [3.05, 3.63) is 58.1 Å². The standard InChI is InChI=1S/C20H20Cl2N2O6S/c21-13-3-5-14(6-4-13)24-31(27,28)16-7-8-18(22)17(10-16)20(26)30-12-19(25)23-11-15-2-1-9-29-15/h3-8,10,15,24H,1-2,9,11-12H2,(H,23,25). The van der Waals surface area contributed by atoms with E-state index in [2.05, 4.69) is 10.0 Å². The third-order valence-corrected chi connectivity index (χ3v) is 6.41. The number of carbonyl (C=O) groups is 2. The van der Waals surface area contributed by atoms with Gasteiger partial charge in [-0.15, -0.1) is 0 Å². The van der Waals surface area contributed by atoms with Crippen LogP contribution < -0.4 is 10.0 Å². The zero-order valence-electron chi connectivity index (χ0n) is 16.3. The van der Waals surface area contributed by atoms with Crippen molar-refractivity contribution >= 4 is 50.8 Å². The number of carbonyl (C=O) groups excluding carboxylic acids is 2. The lowest BCUT2D eigenvalue weighted by molar-refractivity contribution is -0.124. The van der Waals surface area contributed by atoms with Crippen LogP contribution in [0.2, 0.25) is 10.0 Å². The van der Waals surface area contributed by atoms with Crippen LogP contribution >= 0.6 is 23.2 Å². The molecule has 0 radical (unpaired) electrons. The van der Waals surface area contributed by atoms with Gasteiger partial charge in [0.2, 0.25) is 0 Å². The van der Waals surface area contributed by atoms with Crippen molar-refractivity contribution in [2.75, 3.05) is 24.5 Å². The molecular weight excluding hydrogens is 467 g/mol. The summed E-state index contributed by atoms with van der Waals surface area (Å²) in [6.07, 6.45) is 1.77. The Morgan fingerprint density at radius 3 is 2.55 bits per heavy atom. The van der Waals surface area contributed by atoms with E-state index in [0.29, 0.717) is 23.9 Å². The largest absolute Gasteiger partial charge is 0.452 e. The van der Waals surface area contributed by atoms with Crippen molar-refractivity contribution < 1.29 is 27.5 Å². The summed E-state index contributed by atoms with van der Waals surface area (Å²) < 4.78 is 38.0. The molecule has 2 aromatic rings. The van der Waals surface area contributed by atoms with Gasteiger partial charge in [-0.3, -0.25) is 9.52 Å². The van der Waals surface area contributed by atoms with Gasteiger partial charge in [-0.05, 0) is 55.3 Å². The number of ether oxygens (including phenoxy) is 2. The molecule has 1 atom stereocenters. The first-order valence-electron chi connectivity index (χ1n) is 9.38. The number of hydrogen-bond donors (Lipinski definition) is 2. The highest BCUT2D eigenvalue weighted by Crippen LogP contribution is 2.24. The van der Waals surface area contributed by atoms with E-state index in [1.165, 1.54) is 36.4 Å². The molecule has 1 heterocycles. The average Bonchev–Trinajstić information content (AvgIpc) is 3.26. The maximum Gasteiger partial charge on any atom is 0.340 e.